The van der Waals surface area contributed by atoms with Gasteiger partial charge in [-0.05, 0) is 19.9 Å². The van der Waals surface area contributed by atoms with Crippen LogP contribution in [0.25, 0.3) is 10.9 Å². The van der Waals surface area contributed by atoms with E-state index in [9.17, 15) is 5.11 Å². The van der Waals surface area contributed by atoms with Gasteiger partial charge in [0.25, 0.3) is 0 Å². The predicted molar refractivity (Wildman–Crippen MR) is 56.1 cm³/mol. The summed E-state index contributed by atoms with van der Waals surface area (Å²) in [6.07, 6.45) is 1.44. The maximum absolute atomic E-state index is 9.49. The minimum atomic E-state index is -0.390. The second-order valence-corrected chi connectivity index (χ2v) is 3.63. The molecule has 0 spiro atoms. The number of aliphatic hydroxyl groups excluding tert-OH is 1. The summed E-state index contributed by atoms with van der Waals surface area (Å²) in [7, 11) is 0. The summed E-state index contributed by atoms with van der Waals surface area (Å²) in [5, 5.41) is 14.9. The third kappa shape index (κ3) is 1.40. The molecule has 1 heterocycles. The number of rotatable bonds is 2. The van der Waals surface area contributed by atoms with Gasteiger partial charge < -0.3 is 5.11 Å². The first-order chi connectivity index (χ1) is 6.70. The maximum atomic E-state index is 9.49. The fourth-order valence-electron chi connectivity index (χ4n) is 1.52. The van der Waals surface area contributed by atoms with Gasteiger partial charge in [-0.1, -0.05) is 18.2 Å². The highest BCUT2D eigenvalue weighted by molar-refractivity contribution is 5.78. The molecule has 1 aromatic heterocycles. The Morgan fingerprint density at radius 3 is 2.71 bits per heavy atom. The Balaban J connectivity index is 2.53. The van der Waals surface area contributed by atoms with E-state index in [4.69, 9.17) is 0 Å². The van der Waals surface area contributed by atoms with Crippen LogP contribution in [-0.2, 0) is 0 Å². The molecule has 0 aliphatic carbocycles. The van der Waals surface area contributed by atoms with Gasteiger partial charge >= 0.3 is 0 Å². The SMILES string of the molecule is C[C@H](O)[C@H](C)n1ncc2ccccc21. The molecule has 14 heavy (non-hydrogen) atoms. The third-order valence-corrected chi connectivity index (χ3v) is 2.59. The van der Waals surface area contributed by atoms with Crippen LogP contribution in [0.4, 0.5) is 0 Å². The highest BCUT2D eigenvalue weighted by Gasteiger charge is 2.13. The van der Waals surface area contributed by atoms with E-state index in [1.165, 1.54) is 0 Å². The monoisotopic (exact) mass is 190 g/mol. The van der Waals surface area contributed by atoms with E-state index in [1.807, 2.05) is 42.1 Å². The van der Waals surface area contributed by atoms with Gasteiger partial charge in [0.2, 0.25) is 0 Å². The number of hydrogen-bond acceptors (Lipinski definition) is 2. The number of aromatic nitrogens is 2. The van der Waals surface area contributed by atoms with E-state index >= 15 is 0 Å². The molecule has 0 saturated carbocycles. The molecule has 0 unspecified atom stereocenters. The molecule has 3 nitrogen and oxygen atoms in total. The molecule has 2 atom stereocenters. The predicted octanol–water partition coefficient (Wildman–Crippen LogP) is 1.98. The van der Waals surface area contributed by atoms with E-state index < -0.39 is 6.10 Å². The van der Waals surface area contributed by atoms with Crippen LogP contribution in [0.2, 0.25) is 0 Å². The van der Waals surface area contributed by atoms with Gasteiger partial charge in [-0.25, -0.2) is 0 Å². The zero-order valence-electron chi connectivity index (χ0n) is 8.38. The molecular weight excluding hydrogens is 176 g/mol. The number of fused-ring (bicyclic) bond motifs is 1. The van der Waals surface area contributed by atoms with E-state index in [1.54, 1.807) is 6.92 Å². The summed E-state index contributed by atoms with van der Waals surface area (Å²) < 4.78 is 1.86. The summed E-state index contributed by atoms with van der Waals surface area (Å²) in [5.41, 5.74) is 1.07. The highest BCUT2D eigenvalue weighted by atomic mass is 16.3. The van der Waals surface area contributed by atoms with Crippen molar-refractivity contribution >= 4 is 10.9 Å². The molecule has 3 heteroatoms. The van der Waals surface area contributed by atoms with Gasteiger partial charge in [0.05, 0.1) is 23.9 Å². The first-order valence-corrected chi connectivity index (χ1v) is 4.80. The number of nitrogens with zero attached hydrogens (tertiary/aromatic N) is 2. The molecule has 0 amide bonds. The van der Waals surface area contributed by atoms with Crippen molar-refractivity contribution in [3.05, 3.63) is 30.5 Å². The second kappa shape index (κ2) is 3.42. The topological polar surface area (TPSA) is 38.0 Å². The Morgan fingerprint density at radius 1 is 1.29 bits per heavy atom. The normalized spacial score (nSPS) is 15.6. The quantitative estimate of drug-likeness (QED) is 0.786. The van der Waals surface area contributed by atoms with Crippen molar-refractivity contribution in [2.75, 3.05) is 0 Å². The Bertz CT molecular complexity index is 434. The van der Waals surface area contributed by atoms with Crippen LogP contribution in [0.1, 0.15) is 19.9 Å². The molecule has 0 radical (unpaired) electrons. The third-order valence-electron chi connectivity index (χ3n) is 2.59. The lowest BCUT2D eigenvalue weighted by atomic mass is 10.2. The number of aliphatic hydroxyl groups is 1. The van der Waals surface area contributed by atoms with Crippen LogP contribution < -0.4 is 0 Å². The molecular formula is C11H14N2O. The van der Waals surface area contributed by atoms with Crippen molar-refractivity contribution in [2.45, 2.75) is 26.0 Å². The van der Waals surface area contributed by atoms with Crippen molar-refractivity contribution in [2.24, 2.45) is 0 Å². The van der Waals surface area contributed by atoms with E-state index in [0.717, 1.165) is 10.9 Å². The summed E-state index contributed by atoms with van der Waals surface area (Å²) in [5.74, 6) is 0. The van der Waals surface area contributed by atoms with Crippen molar-refractivity contribution < 1.29 is 5.11 Å². The second-order valence-electron chi connectivity index (χ2n) is 3.63. The molecule has 0 saturated heterocycles. The van der Waals surface area contributed by atoms with Gasteiger partial charge in [0.15, 0.2) is 0 Å². The molecule has 0 aliphatic rings. The van der Waals surface area contributed by atoms with Crippen molar-refractivity contribution in [1.82, 2.24) is 9.78 Å². The fourth-order valence-corrected chi connectivity index (χ4v) is 1.52. The molecule has 2 aromatic rings. The molecule has 0 bridgehead atoms. The zero-order chi connectivity index (χ0) is 10.1. The fraction of sp³-hybridized carbons (Fsp3) is 0.364. The van der Waals surface area contributed by atoms with Crippen molar-refractivity contribution in [1.29, 1.82) is 0 Å². The zero-order valence-corrected chi connectivity index (χ0v) is 8.38. The minimum Gasteiger partial charge on any atom is -0.391 e. The molecule has 0 aliphatic heterocycles. The summed E-state index contributed by atoms with van der Waals surface area (Å²) in [6, 6.07) is 8.01. The smallest absolute Gasteiger partial charge is 0.0754 e. The molecule has 74 valence electrons. The van der Waals surface area contributed by atoms with Gasteiger partial charge in [-0.3, -0.25) is 4.68 Å². The Hall–Kier alpha value is -1.35. The maximum Gasteiger partial charge on any atom is 0.0754 e. The van der Waals surface area contributed by atoms with Crippen LogP contribution in [0.15, 0.2) is 30.5 Å². The van der Waals surface area contributed by atoms with E-state index in [0.29, 0.717) is 0 Å². The van der Waals surface area contributed by atoms with Crippen LogP contribution in [0, 0.1) is 0 Å². The summed E-state index contributed by atoms with van der Waals surface area (Å²) >= 11 is 0. The van der Waals surface area contributed by atoms with Gasteiger partial charge in [0, 0.05) is 5.39 Å². The largest absolute Gasteiger partial charge is 0.391 e. The minimum absolute atomic E-state index is 0.00917. The first kappa shape index (κ1) is 9.21. The number of hydrogen-bond donors (Lipinski definition) is 1. The van der Waals surface area contributed by atoms with Crippen molar-refractivity contribution in [3.8, 4) is 0 Å². The summed E-state index contributed by atoms with van der Waals surface area (Å²) in [6.45, 7) is 3.74. The average Bonchev–Trinajstić information content (AvgIpc) is 2.60. The molecule has 1 N–H and O–H groups in total. The molecule has 2 rings (SSSR count). The number of benzene rings is 1. The van der Waals surface area contributed by atoms with Crippen LogP contribution >= 0.6 is 0 Å². The van der Waals surface area contributed by atoms with Crippen LogP contribution in [0.3, 0.4) is 0 Å². The highest BCUT2D eigenvalue weighted by Crippen LogP contribution is 2.19. The van der Waals surface area contributed by atoms with Gasteiger partial charge in [0.1, 0.15) is 0 Å². The van der Waals surface area contributed by atoms with Crippen LogP contribution in [0.5, 0.6) is 0 Å². The standard InChI is InChI=1S/C11H14N2O/c1-8(9(2)14)13-11-6-4-3-5-10(11)7-12-13/h3-9,14H,1-2H3/t8-,9-/m0/s1. The lowest BCUT2D eigenvalue weighted by Crippen LogP contribution is -2.19. The van der Waals surface area contributed by atoms with E-state index in [-0.39, 0.29) is 6.04 Å². The number of para-hydroxylation sites is 1. The average molecular weight is 190 g/mol. The van der Waals surface area contributed by atoms with Crippen LogP contribution in [-0.4, -0.2) is 21.0 Å². The van der Waals surface area contributed by atoms with Gasteiger partial charge in [-0.15, -0.1) is 0 Å². The summed E-state index contributed by atoms with van der Waals surface area (Å²) in [4.78, 5) is 0. The molecule has 1 aromatic carbocycles. The van der Waals surface area contributed by atoms with E-state index in [2.05, 4.69) is 5.10 Å². The van der Waals surface area contributed by atoms with Gasteiger partial charge in [-0.2, -0.15) is 5.10 Å². The first-order valence-electron chi connectivity index (χ1n) is 4.80. The molecule has 0 fully saturated rings. The Kier molecular flexibility index (Phi) is 2.25. The lowest BCUT2D eigenvalue weighted by Gasteiger charge is -2.16. The lowest BCUT2D eigenvalue weighted by molar-refractivity contribution is 0.135. The van der Waals surface area contributed by atoms with Crippen molar-refractivity contribution in [3.63, 3.8) is 0 Å². The Morgan fingerprint density at radius 2 is 2.00 bits per heavy atom. The Labute approximate surface area is 83.0 Å².